The normalized spacial score (nSPS) is 37.1. The van der Waals surface area contributed by atoms with E-state index in [0.717, 1.165) is 12.3 Å². The molecule has 0 aliphatic heterocycles. The number of allylic oxidation sites excluding steroid dienone is 1. The van der Waals surface area contributed by atoms with E-state index in [9.17, 15) is 0 Å². The molecule has 21 heavy (non-hydrogen) atoms. The molecule has 0 radical (unpaired) electrons. The van der Waals surface area contributed by atoms with Crippen molar-refractivity contribution in [2.45, 2.75) is 79.1 Å². The van der Waals surface area contributed by atoms with Gasteiger partial charge in [-0.05, 0) is 67.1 Å². The maximum absolute atomic E-state index is 9.11. The Bertz CT molecular complexity index is 370. The SMILES string of the molecule is C=C1CC[C@H]2C(C)(C)CCC[C@]2(C)[C@H]1CCC(C)CCO. The molecule has 2 saturated carbocycles. The van der Waals surface area contributed by atoms with Crippen LogP contribution in [0.5, 0.6) is 0 Å². The molecule has 1 N–H and O–H groups in total. The number of aliphatic hydroxyl groups excluding tert-OH is 1. The van der Waals surface area contributed by atoms with Crippen molar-refractivity contribution in [1.82, 2.24) is 0 Å². The van der Waals surface area contributed by atoms with Gasteiger partial charge in [0.2, 0.25) is 0 Å². The minimum Gasteiger partial charge on any atom is -0.396 e. The summed E-state index contributed by atoms with van der Waals surface area (Å²) in [5.74, 6) is 2.21. The second kappa shape index (κ2) is 6.44. The van der Waals surface area contributed by atoms with Crippen LogP contribution in [0.1, 0.15) is 79.1 Å². The van der Waals surface area contributed by atoms with Crippen molar-refractivity contribution in [3.05, 3.63) is 12.2 Å². The molecule has 0 aromatic heterocycles. The van der Waals surface area contributed by atoms with E-state index in [-0.39, 0.29) is 0 Å². The first-order valence-corrected chi connectivity index (χ1v) is 9.10. The Kier molecular flexibility index (Phi) is 5.23. The fraction of sp³-hybridized carbons (Fsp3) is 0.900. The average molecular weight is 293 g/mol. The highest BCUT2D eigenvalue weighted by atomic mass is 16.3. The van der Waals surface area contributed by atoms with Crippen LogP contribution in [-0.4, -0.2) is 11.7 Å². The molecule has 0 spiro atoms. The summed E-state index contributed by atoms with van der Waals surface area (Å²) in [5, 5.41) is 9.11. The Labute approximate surface area is 132 Å². The Morgan fingerprint density at radius 3 is 2.62 bits per heavy atom. The van der Waals surface area contributed by atoms with Crippen LogP contribution < -0.4 is 0 Å². The molecule has 4 atom stereocenters. The highest BCUT2D eigenvalue weighted by molar-refractivity contribution is 5.15. The molecule has 2 aliphatic carbocycles. The summed E-state index contributed by atoms with van der Waals surface area (Å²) >= 11 is 0. The second-order valence-corrected chi connectivity index (χ2v) is 8.84. The molecule has 1 unspecified atom stereocenters. The highest BCUT2D eigenvalue weighted by Crippen LogP contribution is 2.61. The molecule has 0 bridgehead atoms. The van der Waals surface area contributed by atoms with Gasteiger partial charge in [-0.15, -0.1) is 0 Å². The average Bonchev–Trinajstić information content (AvgIpc) is 2.37. The second-order valence-electron chi connectivity index (χ2n) is 8.84. The summed E-state index contributed by atoms with van der Waals surface area (Å²) in [6, 6.07) is 0. The quantitative estimate of drug-likeness (QED) is 0.655. The lowest BCUT2D eigenvalue weighted by molar-refractivity contribution is -0.0553. The molecule has 0 amide bonds. The molecule has 2 fully saturated rings. The first kappa shape index (κ1) is 17.1. The van der Waals surface area contributed by atoms with Crippen molar-refractivity contribution >= 4 is 0 Å². The monoisotopic (exact) mass is 292 g/mol. The molecule has 1 nitrogen and oxygen atoms in total. The van der Waals surface area contributed by atoms with E-state index in [0.29, 0.717) is 29.3 Å². The number of hydrogen-bond donors (Lipinski definition) is 1. The lowest BCUT2D eigenvalue weighted by Crippen LogP contribution is -2.49. The van der Waals surface area contributed by atoms with Gasteiger partial charge < -0.3 is 5.11 Å². The standard InChI is InChI=1S/C20H36O/c1-15(11-14-21)7-9-17-16(2)8-10-18-19(3,4)12-6-13-20(17,18)5/h15,17-18,21H,2,6-14H2,1,3-5H3/t15?,17-,18-,20+/m0/s1. The molecule has 0 saturated heterocycles. The number of aliphatic hydroxyl groups is 1. The van der Waals surface area contributed by atoms with Gasteiger partial charge in [0.25, 0.3) is 0 Å². The lowest BCUT2D eigenvalue weighted by Gasteiger charge is -2.58. The molecule has 122 valence electrons. The van der Waals surface area contributed by atoms with E-state index in [1.165, 1.54) is 50.5 Å². The van der Waals surface area contributed by atoms with Crippen molar-refractivity contribution < 1.29 is 5.11 Å². The van der Waals surface area contributed by atoms with Crippen LogP contribution in [0.25, 0.3) is 0 Å². The van der Waals surface area contributed by atoms with E-state index in [4.69, 9.17) is 5.11 Å². The summed E-state index contributed by atoms with van der Waals surface area (Å²) in [5.41, 5.74) is 2.49. The smallest absolute Gasteiger partial charge is 0.0433 e. The number of fused-ring (bicyclic) bond motifs is 1. The van der Waals surface area contributed by atoms with Crippen LogP contribution >= 0.6 is 0 Å². The van der Waals surface area contributed by atoms with Crippen molar-refractivity contribution in [1.29, 1.82) is 0 Å². The minimum absolute atomic E-state index is 0.333. The van der Waals surface area contributed by atoms with Crippen LogP contribution in [0.2, 0.25) is 0 Å². The predicted molar refractivity (Wildman–Crippen MR) is 91.2 cm³/mol. The zero-order valence-electron chi connectivity index (χ0n) is 14.8. The van der Waals surface area contributed by atoms with Gasteiger partial charge >= 0.3 is 0 Å². The van der Waals surface area contributed by atoms with E-state index in [1.54, 1.807) is 0 Å². The van der Waals surface area contributed by atoms with Gasteiger partial charge in [-0.25, -0.2) is 0 Å². The summed E-state index contributed by atoms with van der Waals surface area (Å²) < 4.78 is 0. The van der Waals surface area contributed by atoms with Gasteiger partial charge in [0.1, 0.15) is 0 Å². The topological polar surface area (TPSA) is 20.2 Å². The van der Waals surface area contributed by atoms with Gasteiger partial charge in [0, 0.05) is 6.61 Å². The molecule has 0 aromatic rings. The first-order chi connectivity index (χ1) is 9.81. The van der Waals surface area contributed by atoms with Crippen molar-refractivity contribution in [2.75, 3.05) is 6.61 Å². The molecular weight excluding hydrogens is 256 g/mol. The van der Waals surface area contributed by atoms with Crippen LogP contribution in [0.15, 0.2) is 12.2 Å². The van der Waals surface area contributed by atoms with Gasteiger partial charge in [-0.2, -0.15) is 0 Å². The molecule has 2 aliphatic rings. The number of rotatable bonds is 5. The summed E-state index contributed by atoms with van der Waals surface area (Å²) in [4.78, 5) is 0. The molecule has 0 heterocycles. The van der Waals surface area contributed by atoms with Crippen LogP contribution in [-0.2, 0) is 0 Å². The van der Waals surface area contributed by atoms with Gasteiger partial charge in [0.15, 0.2) is 0 Å². The zero-order chi connectivity index (χ0) is 15.7. The zero-order valence-corrected chi connectivity index (χ0v) is 14.8. The molecule has 2 rings (SSSR count). The first-order valence-electron chi connectivity index (χ1n) is 9.10. The summed E-state index contributed by atoms with van der Waals surface area (Å²) in [6.45, 7) is 14.6. The Hall–Kier alpha value is -0.300. The molecule has 1 heteroatoms. The van der Waals surface area contributed by atoms with Gasteiger partial charge in [-0.1, -0.05) is 52.7 Å². The third-order valence-electron chi connectivity index (χ3n) is 6.89. The van der Waals surface area contributed by atoms with Crippen molar-refractivity contribution in [2.24, 2.45) is 28.6 Å². The van der Waals surface area contributed by atoms with Gasteiger partial charge in [0.05, 0.1) is 0 Å². The highest BCUT2D eigenvalue weighted by Gasteiger charge is 2.52. The van der Waals surface area contributed by atoms with E-state index in [1.807, 2.05) is 0 Å². The molecular formula is C20H36O. The fourth-order valence-corrected chi connectivity index (χ4v) is 5.62. The molecule has 0 aromatic carbocycles. The summed E-state index contributed by atoms with van der Waals surface area (Å²) in [6.07, 6.45) is 10.2. The Balaban J connectivity index is 2.12. The van der Waals surface area contributed by atoms with E-state index >= 15 is 0 Å². The Morgan fingerprint density at radius 1 is 1.24 bits per heavy atom. The Morgan fingerprint density at radius 2 is 1.95 bits per heavy atom. The fourth-order valence-electron chi connectivity index (χ4n) is 5.62. The number of hydrogen-bond acceptors (Lipinski definition) is 1. The van der Waals surface area contributed by atoms with Crippen LogP contribution in [0.3, 0.4) is 0 Å². The van der Waals surface area contributed by atoms with Crippen molar-refractivity contribution in [3.63, 3.8) is 0 Å². The van der Waals surface area contributed by atoms with E-state index in [2.05, 4.69) is 34.3 Å². The third kappa shape index (κ3) is 3.38. The van der Waals surface area contributed by atoms with Crippen LogP contribution in [0.4, 0.5) is 0 Å². The predicted octanol–water partition coefficient (Wildman–Crippen LogP) is 5.58. The van der Waals surface area contributed by atoms with Crippen LogP contribution in [0, 0.1) is 28.6 Å². The minimum atomic E-state index is 0.333. The summed E-state index contributed by atoms with van der Waals surface area (Å²) in [7, 11) is 0. The largest absolute Gasteiger partial charge is 0.396 e. The maximum atomic E-state index is 9.11. The maximum Gasteiger partial charge on any atom is 0.0433 e. The van der Waals surface area contributed by atoms with Gasteiger partial charge in [-0.3, -0.25) is 0 Å². The third-order valence-corrected chi connectivity index (χ3v) is 6.89. The lowest BCUT2D eigenvalue weighted by atomic mass is 9.47. The van der Waals surface area contributed by atoms with E-state index < -0.39 is 0 Å². The van der Waals surface area contributed by atoms with Crippen molar-refractivity contribution in [3.8, 4) is 0 Å².